The highest BCUT2D eigenvalue weighted by molar-refractivity contribution is 7.07. The molecular formula is C16H23N5OS. The first kappa shape index (κ1) is 16.1. The Bertz CT molecular complexity index is 637. The van der Waals surface area contributed by atoms with Gasteiger partial charge in [0.15, 0.2) is 0 Å². The van der Waals surface area contributed by atoms with Crippen LogP contribution in [0.3, 0.4) is 0 Å². The molecule has 0 N–H and O–H groups in total. The van der Waals surface area contributed by atoms with Crippen LogP contribution in [0, 0.1) is 0 Å². The van der Waals surface area contributed by atoms with E-state index in [-0.39, 0.29) is 5.91 Å². The van der Waals surface area contributed by atoms with E-state index in [1.165, 1.54) is 0 Å². The first-order valence-corrected chi connectivity index (χ1v) is 8.88. The summed E-state index contributed by atoms with van der Waals surface area (Å²) in [5, 5.41) is 2.07. The van der Waals surface area contributed by atoms with Crippen molar-refractivity contribution in [2.45, 2.75) is 25.3 Å². The molecule has 0 aliphatic carbocycles. The number of likely N-dealkylation sites (N-methyl/N-ethyl adjacent to an activating group) is 1. The maximum absolute atomic E-state index is 12.3. The Morgan fingerprint density at radius 1 is 1.43 bits per heavy atom. The molecule has 1 amide bonds. The Morgan fingerprint density at radius 3 is 3.04 bits per heavy atom. The fourth-order valence-electron chi connectivity index (χ4n) is 3.09. The molecule has 1 atom stereocenters. The van der Waals surface area contributed by atoms with E-state index >= 15 is 0 Å². The number of imidazole rings is 1. The summed E-state index contributed by atoms with van der Waals surface area (Å²) >= 11 is 1.61. The van der Waals surface area contributed by atoms with Crippen LogP contribution in [0.2, 0.25) is 0 Å². The normalized spacial score (nSPS) is 18.6. The highest BCUT2D eigenvalue weighted by Crippen LogP contribution is 2.26. The van der Waals surface area contributed by atoms with Crippen LogP contribution in [-0.2, 0) is 11.3 Å². The molecule has 0 bridgehead atoms. The third kappa shape index (κ3) is 3.97. The Hall–Kier alpha value is -1.73. The van der Waals surface area contributed by atoms with Crippen LogP contribution in [0.25, 0.3) is 0 Å². The summed E-state index contributed by atoms with van der Waals surface area (Å²) in [6.07, 6.45) is 5.98. The van der Waals surface area contributed by atoms with Crippen molar-refractivity contribution in [3.05, 3.63) is 34.8 Å². The number of rotatable bonds is 5. The zero-order valence-electron chi connectivity index (χ0n) is 13.7. The maximum atomic E-state index is 12.3. The lowest BCUT2D eigenvalue weighted by atomic mass is 9.97. The van der Waals surface area contributed by atoms with E-state index in [0.29, 0.717) is 12.5 Å². The monoisotopic (exact) mass is 333 g/mol. The van der Waals surface area contributed by atoms with Crippen molar-refractivity contribution in [1.29, 1.82) is 0 Å². The lowest BCUT2D eigenvalue weighted by Gasteiger charge is -2.33. The third-order valence-corrected chi connectivity index (χ3v) is 4.79. The standard InChI is InChI=1S/C16H23N5OS/c1-19(2)10-15(22)20-6-3-4-13(8-20)16-17-5-7-21(16)9-14-11-23-12-18-14/h5,7,11-13H,3-4,6,8-10H2,1-2H3/t13-/m1/s1. The molecule has 1 aliphatic rings. The Labute approximate surface area is 140 Å². The molecule has 0 saturated carbocycles. The number of aromatic nitrogens is 3. The number of hydrogen-bond donors (Lipinski definition) is 0. The van der Waals surface area contributed by atoms with Crippen LogP contribution in [0.15, 0.2) is 23.3 Å². The van der Waals surface area contributed by atoms with Gasteiger partial charge >= 0.3 is 0 Å². The Morgan fingerprint density at radius 2 is 2.30 bits per heavy atom. The number of carbonyl (C=O) groups is 1. The van der Waals surface area contributed by atoms with E-state index in [4.69, 9.17) is 0 Å². The van der Waals surface area contributed by atoms with Gasteiger partial charge in [0.25, 0.3) is 0 Å². The van der Waals surface area contributed by atoms with Gasteiger partial charge in [0.1, 0.15) is 5.82 Å². The molecule has 0 unspecified atom stereocenters. The van der Waals surface area contributed by atoms with Gasteiger partial charge in [-0.1, -0.05) is 0 Å². The Kier molecular flexibility index (Phi) is 5.07. The van der Waals surface area contributed by atoms with Gasteiger partial charge in [0.2, 0.25) is 5.91 Å². The van der Waals surface area contributed by atoms with Crippen molar-refractivity contribution in [1.82, 2.24) is 24.3 Å². The molecule has 0 radical (unpaired) electrons. The summed E-state index contributed by atoms with van der Waals surface area (Å²) in [4.78, 5) is 25.1. The van der Waals surface area contributed by atoms with Gasteiger partial charge in [0.05, 0.1) is 24.3 Å². The molecule has 1 saturated heterocycles. The number of carbonyl (C=O) groups excluding carboxylic acids is 1. The second-order valence-electron chi connectivity index (χ2n) is 6.31. The van der Waals surface area contributed by atoms with Crippen LogP contribution in [0.1, 0.15) is 30.3 Å². The zero-order valence-corrected chi connectivity index (χ0v) is 14.5. The predicted octanol–water partition coefficient (Wildman–Crippen LogP) is 1.66. The highest BCUT2D eigenvalue weighted by atomic mass is 32.1. The second kappa shape index (κ2) is 7.23. The van der Waals surface area contributed by atoms with Crippen LogP contribution >= 0.6 is 11.3 Å². The summed E-state index contributed by atoms with van der Waals surface area (Å²) in [6.45, 7) is 2.84. The van der Waals surface area contributed by atoms with Gasteiger partial charge in [0, 0.05) is 36.8 Å². The molecule has 0 spiro atoms. The summed E-state index contributed by atoms with van der Waals surface area (Å²) in [5.74, 6) is 1.58. The Balaban J connectivity index is 1.69. The van der Waals surface area contributed by atoms with Crippen molar-refractivity contribution in [2.75, 3.05) is 33.7 Å². The first-order chi connectivity index (χ1) is 11.1. The van der Waals surface area contributed by atoms with E-state index in [9.17, 15) is 4.79 Å². The minimum atomic E-state index is 0.206. The van der Waals surface area contributed by atoms with E-state index in [2.05, 4.69) is 19.9 Å². The van der Waals surface area contributed by atoms with Crippen LogP contribution in [-0.4, -0.2) is 64.0 Å². The number of nitrogens with zero attached hydrogens (tertiary/aromatic N) is 5. The van der Waals surface area contributed by atoms with Crippen LogP contribution in [0.5, 0.6) is 0 Å². The molecule has 1 aliphatic heterocycles. The minimum Gasteiger partial charge on any atom is -0.341 e. The van der Waals surface area contributed by atoms with Crippen molar-refractivity contribution < 1.29 is 4.79 Å². The molecule has 0 aromatic carbocycles. The van der Waals surface area contributed by atoms with Crippen LogP contribution in [0.4, 0.5) is 0 Å². The number of likely N-dealkylation sites (tertiary alicyclic amines) is 1. The molecule has 2 aromatic rings. The number of amides is 1. The SMILES string of the molecule is CN(C)CC(=O)N1CCC[C@@H](c2nccn2Cc2cscn2)C1. The average Bonchev–Trinajstić information content (AvgIpc) is 3.19. The summed E-state index contributed by atoms with van der Waals surface area (Å²) in [6, 6.07) is 0. The fourth-order valence-corrected chi connectivity index (χ4v) is 3.64. The molecule has 2 aromatic heterocycles. The molecule has 124 valence electrons. The highest BCUT2D eigenvalue weighted by Gasteiger charge is 2.27. The zero-order chi connectivity index (χ0) is 16.2. The van der Waals surface area contributed by atoms with Gasteiger partial charge in [-0.25, -0.2) is 9.97 Å². The van der Waals surface area contributed by atoms with Crippen molar-refractivity contribution in [3.63, 3.8) is 0 Å². The number of thiazole rings is 1. The fraction of sp³-hybridized carbons (Fsp3) is 0.562. The summed E-state index contributed by atoms with van der Waals surface area (Å²) in [7, 11) is 3.86. The van der Waals surface area contributed by atoms with Gasteiger partial charge in [-0.2, -0.15) is 0 Å². The molecule has 3 heterocycles. The van der Waals surface area contributed by atoms with Crippen molar-refractivity contribution in [3.8, 4) is 0 Å². The largest absolute Gasteiger partial charge is 0.341 e. The van der Waals surface area contributed by atoms with Crippen molar-refractivity contribution >= 4 is 17.2 Å². The smallest absolute Gasteiger partial charge is 0.236 e. The summed E-state index contributed by atoms with van der Waals surface area (Å²) < 4.78 is 2.17. The van der Waals surface area contributed by atoms with Gasteiger partial charge in [-0.3, -0.25) is 4.79 Å². The molecule has 3 rings (SSSR count). The van der Waals surface area contributed by atoms with E-state index in [0.717, 1.165) is 44.0 Å². The maximum Gasteiger partial charge on any atom is 0.236 e. The quantitative estimate of drug-likeness (QED) is 0.835. The van der Waals surface area contributed by atoms with E-state index in [1.54, 1.807) is 11.3 Å². The topological polar surface area (TPSA) is 54.3 Å². The van der Waals surface area contributed by atoms with Gasteiger partial charge in [-0.15, -0.1) is 11.3 Å². The molecule has 23 heavy (non-hydrogen) atoms. The first-order valence-electron chi connectivity index (χ1n) is 7.94. The lowest BCUT2D eigenvalue weighted by Crippen LogP contribution is -2.43. The van der Waals surface area contributed by atoms with Crippen LogP contribution < -0.4 is 0 Å². The third-order valence-electron chi connectivity index (χ3n) is 4.15. The van der Waals surface area contributed by atoms with Gasteiger partial charge < -0.3 is 14.4 Å². The van der Waals surface area contributed by atoms with E-state index in [1.807, 2.05) is 41.8 Å². The number of piperidine rings is 1. The van der Waals surface area contributed by atoms with Gasteiger partial charge in [-0.05, 0) is 26.9 Å². The predicted molar refractivity (Wildman–Crippen MR) is 90.6 cm³/mol. The minimum absolute atomic E-state index is 0.206. The molecule has 7 heteroatoms. The average molecular weight is 333 g/mol. The van der Waals surface area contributed by atoms with Crippen molar-refractivity contribution in [2.24, 2.45) is 0 Å². The molecular weight excluding hydrogens is 310 g/mol. The molecule has 6 nitrogen and oxygen atoms in total. The molecule has 1 fully saturated rings. The van der Waals surface area contributed by atoms with E-state index < -0.39 is 0 Å². The summed E-state index contributed by atoms with van der Waals surface area (Å²) in [5.41, 5.74) is 2.92. The lowest BCUT2D eigenvalue weighted by molar-refractivity contribution is -0.133. The second-order valence-corrected chi connectivity index (χ2v) is 7.03. The number of hydrogen-bond acceptors (Lipinski definition) is 5.